The predicted octanol–water partition coefficient (Wildman–Crippen LogP) is -3.84. The third-order valence-corrected chi connectivity index (χ3v) is 2.83. The summed E-state index contributed by atoms with van der Waals surface area (Å²) in [6.45, 7) is -2.06. The van der Waals surface area contributed by atoms with Crippen LogP contribution in [0.15, 0.2) is 0 Å². The zero-order valence-electron chi connectivity index (χ0n) is 9.57. The van der Waals surface area contributed by atoms with Crippen molar-refractivity contribution in [3.63, 3.8) is 0 Å². The third kappa shape index (κ3) is 8.43. The average Bonchev–Trinajstić information content (AvgIpc) is 2.18. The van der Waals surface area contributed by atoms with E-state index >= 15 is 0 Å². The molecule has 1 radical (unpaired) electrons. The van der Waals surface area contributed by atoms with Crippen molar-refractivity contribution < 1.29 is 33.4 Å². The monoisotopic (exact) mass is 282 g/mol. The Kier molecular flexibility index (Phi) is 10.3. The van der Waals surface area contributed by atoms with Gasteiger partial charge in [-0.15, -0.1) is 0 Å². The molecule has 0 fully saturated rings. The van der Waals surface area contributed by atoms with E-state index in [9.17, 15) is 13.5 Å². The summed E-state index contributed by atoms with van der Waals surface area (Å²) in [6, 6.07) is 0. The molecule has 1 unspecified atom stereocenters. The van der Waals surface area contributed by atoms with Crippen LogP contribution in [-0.4, -0.2) is 107 Å². The van der Waals surface area contributed by atoms with E-state index in [1.54, 1.807) is 0 Å². The van der Waals surface area contributed by atoms with E-state index < -0.39 is 47.3 Å². The van der Waals surface area contributed by atoms with Gasteiger partial charge in [-0.1, -0.05) is 0 Å². The Bertz CT molecular complexity index is 284. The predicted molar refractivity (Wildman–Crippen MR) is 60.2 cm³/mol. The van der Waals surface area contributed by atoms with Crippen LogP contribution in [0.4, 0.5) is 0 Å². The van der Waals surface area contributed by atoms with E-state index in [0.29, 0.717) is 0 Å². The van der Waals surface area contributed by atoms with Crippen LogP contribution in [0.5, 0.6) is 0 Å². The minimum Gasteiger partial charge on any atom is -0.394 e. The van der Waals surface area contributed by atoms with Gasteiger partial charge in [-0.3, -0.25) is 4.55 Å². The Morgan fingerprint density at radius 2 is 1.53 bits per heavy atom. The number of nitrogens with one attached hydrogen (secondary N) is 1. The maximum Gasteiger partial charge on any atom is 0.267 e. The second-order valence-electron chi connectivity index (χ2n) is 3.54. The fourth-order valence-corrected chi connectivity index (χ4v) is 1.56. The molecule has 0 aliphatic heterocycles. The van der Waals surface area contributed by atoms with Gasteiger partial charge in [0.2, 0.25) is 0 Å². The minimum absolute atomic E-state index is 0. The van der Waals surface area contributed by atoms with Gasteiger partial charge < -0.3 is 25.7 Å². The van der Waals surface area contributed by atoms with Gasteiger partial charge in [0, 0.05) is 36.1 Å². The molecule has 0 amide bonds. The van der Waals surface area contributed by atoms with Crippen molar-refractivity contribution in [3.05, 3.63) is 0 Å². The third-order valence-electron chi connectivity index (χ3n) is 2.02. The summed E-state index contributed by atoms with van der Waals surface area (Å²) in [5, 5.41) is 38.3. The number of rotatable bonds is 8. The summed E-state index contributed by atoms with van der Waals surface area (Å²) in [5.41, 5.74) is -1.39. The Morgan fingerprint density at radius 3 is 1.82 bits per heavy atom. The van der Waals surface area contributed by atoms with Gasteiger partial charge in [-0.25, -0.2) is 0 Å². The second-order valence-corrected chi connectivity index (χ2v) is 5.04. The molecule has 99 valence electrons. The number of aliphatic hydroxyl groups is 4. The maximum atomic E-state index is 10.4. The normalized spacial score (nSPS) is 14.2. The van der Waals surface area contributed by atoms with Crippen molar-refractivity contribution in [2.45, 2.75) is 11.6 Å². The minimum atomic E-state index is -4.29. The zero-order valence-corrected chi connectivity index (χ0v) is 12.4. The molecule has 6 N–H and O–H groups in total. The van der Waals surface area contributed by atoms with Crippen LogP contribution < -0.4 is 5.32 Å². The van der Waals surface area contributed by atoms with Crippen LogP contribution >= 0.6 is 0 Å². The van der Waals surface area contributed by atoms with E-state index in [-0.39, 0.29) is 36.1 Å². The van der Waals surface area contributed by atoms with E-state index in [0.717, 1.165) is 0 Å². The first-order chi connectivity index (χ1) is 7.28. The van der Waals surface area contributed by atoms with Crippen molar-refractivity contribution >= 4 is 39.7 Å². The molecule has 1 atom stereocenters. The van der Waals surface area contributed by atoms with Gasteiger partial charge in [-0.2, -0.15) is 8.42 Å². The van der Waals surface area contributed by atoms with Crippen molar-refractivity contribution in [2.24, 2.45) is 0 Å². The molecule has 0 aliphatic rings. The summed E-state index contributed by atoms with van der Waals surface area (Å²) < 4.78 is 29.2. The Balaban J connectivity index is 0. The topological polar surface area (TPSA) is 147 Å². The molecule has 0 aromatic heterocycles. The van der Waals surface area contributed by atoms with E-state index in [1.165, 1.54) is 0 Å². The zero-order chi connectivity index (χ0) is 12.8. The molecule has 0 aliphatic carbocycles. The van der Waals surface area contributed by atoms with Crippen molar-refractivity contribution in [2.75, 3.05) is 32.1 Å². The fourth-order valence-electron chi connectivity index (χ4n) is 0.954. The Labute approximate surface area is 122 Å². The van der Waals surface area contributed by atoms with Crippen LogP contribution in [0.25, 0.3) is 0 Å². The fraction of sp³-hybridized carbons (Fsp3) is 1.00. The van der Waals surface area contributed by atoms with Crippen LogP contribution in [0.2, 0.25) is 0 Å². The summed E-state index contributed by atoms with van der Waals surface area (Å²) in [5.74, 6) is -0.863. The summed E-state index contributed by atoms with van der Waals surface area (Å²) in [7, 11) is -4.29. The maximum absolute atomic E-state index is 10.4. The molecule has 0 rings (SSSR count). The number of β-amino-alcohol motifs (C(OH)–C–C–N with tert-alkyl or cyclic N) is 1. The molecule has 0 saturated carbocycles. The number of aliphatic hydroxyl groups excluding tert-OH is 4. The Morgan fingerprint density at radius 1 is 1.12 bits per heavy atom. The van der Waals surface area contributed by atoms with Crippen LogP contribution in [0, 0.1) is 0 Å². The molecule has 8 nitrogen and oxygen atoms in total. The number of hydrogen-bond acceptors (Lipinski definition) is 7. The van der Waals surface area contributed by atoms with E-state index in [1.807, 2.05) is 0 Å². The van der Waals surface area contributed by atoms with Gasteiger partial charge in [0.1, 0.15) is 5.75 Å². The number of hydrogen-bond donors (Lipinski definition) is 6. The molecule has 0 spiro atoms. The van der Waals surface area contributed by atoms with Crippen molar-refractivity contribution in [1.82, 2.24) is 5.32 Å². The van der Waals surface area contributed by atoms with Gasteiger partial charge in [0.25, 0.3) is 10.1 Å². The van der Waals surface area contributed by atoms with E-state index in [4.69, 9.17) is 19.9 Å². The molecule has 0 bridgehead atoms. The molecule has 0 saturated heterocycles. The SMILES string of the molecule is O=S(=O)(O)CC(O)CNC(CO)(CO)CO.[Na]. The van der Waals surface area contributed by atoms with Crippen molar-refractivity contribution in [3.8, 4) is 0 Å². The second kappa shape index (κ2) is 8.75. The smallest absolute Gasteiger partial charge is 0.267 e. The standard InChI is InChI=1S/C7H17NO7S.Na/c9-3-7(4-10,5-11)8-1-6(12)2-16(13,14)15;/h6,8-12H,1-5H2,(H,13,14,15);. The molecular formula is C7H17NNaO7S. The molecule has 0 aromatic rings. The van der Waals surface area contributed by atoms with Crippen molar-refractivity contribution in [1.29, 1.82) is 0 Å². The van der Waals surface area contributed by atoms with Crippen LogP contribution in [-0.2, 0) is 10.1 Å². The molecule has 17 heavy (non-hydrogen) atoms. The first-order valence-electron chi connectivity index (χ1n) is 4.49. The van der Waals surface area contributed by atoms with Gasteiger partial charge >= 0.3 is 0 Å². The quantitative estimate of drug-likeness (QED) is 0.196. The largest absolute Gasteiger partial charge is 0.394 e. The molecule has 0 aromatic carbocycles. The van der Waals surface area contributed by atoms with Gasteiger partial charge in [0.05, 0.1) is 31.5 Å². The summed E-state index contributed by atoms with van der Waals surface area (Å²) >= 11 is 0. The first kappa shape index (κ1) is 20.0. The van der Waals surface area contributed by atoms with Crippen LogP contribution in [0.3, 0.4) is 0 Å². The van der Waals surface area contributed by atoms with Gasteiger partial charge in [-0.05, 0) is 0 Å². The summed E-state index contributed by atoms with van der Waals surface area (Å²) in [4.78, 5) is 0. The first-order valence-corrected chi connectivity index (χ1v) is 6.10. The molecule has 0 heterocycles. The summed E-state index contributed by atoms with van der Waals surface area (Å²) in [6.07, 6.45) is -1.40. The van der Waals surface area contributed by atoms with E-state index in [2.05, 4.69) is 5.32 Å². The average molecular weight is 282 g/mol. The Hall–Kier alpha value is 0.710. The van der Waals surface area contributed by atoms with Gasteiger partial charge in [0.15, 0.2) is 0 Å². The molecular weight excluding hydrogens is 265 g/mol. The molecule has 10 heteroatoms. The van der Waals surface area contributed by atoms with Crippen LogP contribution in [0.1, 0.15) is 0 Å².